The van der Waals surface area contributed by atoms with Gasteiger partial charge in [0.15, 0.2) is 0 Å². The van der Waals surface area contributed by atoms with E-state index in [4.69, 9.17) is 14.0 Å². The molecule has 1 aliphatic heterocycles. The number of amides is 1. The molecule has 4 rings (SSSR count). The molecule has 0 bridgehead atoms. The van der Waals surface area contributed by atoms with Crippen LogP contribution in [0.2, 0.25) is 0 Å². The van der Waals surface area contributed by atoms with E-state index < -0.39 is 0 Å². The molecule has 2 heterocycles. The molecule has 168 valence electrons. The van der Waals surface area contributed by atoms with Crippen LogP contribution >= 0.6 is 0 Å². The zero-order valence-electron chi connectivity index (χ0n) is 18.6. The van der Waals surface area contributed by atoms with Gasteiger partial charge in [0.05, 0.1) is 14.2 Å². The number of methoxy groups -OCH3 is 2. The number of benzene rings is 2. The third kappa shape index (κ3) is 5.46. The van der Waals surface area contributed by atoms with Crippen molar-refractivity contribution in [3.63, 3.8) is 0 Å². The third-order valence-electron chi connectivity index (χ3n) is 6.01. The van der Waals surface area contributed by atoms with Crippen molar-refractivity contribution in [3.8, 4) is 22.9 Å². The van der Waals surface area contributed by atoms with Gasteiger partial charge in [0.2, 0.25) is 17.6 Å². The second-order valence-electron chi connectivity index (χ2n) is 8.12. The summed E-state index contributed by atoms with van der Waals surface area (Å²) < 4.78 is 15.9. The smallest absolute Gasteiger partial charge is 0.227 e. The Labute approximate surface area is 188 Å². The number of rotatable bonds is 8. The molecule has 1 amide bonds. The van der Waals surface area contributed by atoms with Gasteiger partial charge in [-0.25, -0.2) is 0 Å². The lowest BCUT2D eigenvalue weighted by molar-refractivity contribution is -0.132. The summed E-state index contributed by atoms with van der Waals surface area (Å²) in [5.41, 5.74) is 2.02. The molecule has 0 unspecified atom stereocenters. The van der Waals surface area contributed by atoms with E-state index in [0.29, 0.717) is 24.1 Å². The molecule has 1 aromatic heterocycles. The first-order valence-corrected chi connectivity index (χ1v) is 11.0. The average Bonchev–Trinajstić information content (AvgIpc) is 3.31. The van der Waals surface area contributed by atoms with Crippen LogP contribution in [-0.2, 0) is 17.6 Å². The van der Waals surface area contributed by atoms with Gasteiger partial charge in [0, 0.05) is 31.5 Å². The van der Waals surface area contributed by atoms with Crippen LogP contribution in [0.4, 0.5) is 0 Å². The fourth-order valence-corrected chi connectivity index (χ4v) is 4.07. The predicted molar refractivity (Wildman–Crippen MR) is 121 cm³/mol. The van der Waals surface area contributed by atoms with Crippen LogP contribution in [0.5, 0.6) is 11.5 Å². The Morgan fingerprint density at radius 1 is 1.06 bits per heavy atom. The summed E-state index contributed by atoms with van der Waals surface area (Å²) in [7, 11) is 3.30. The molecule has 1 aliphatic rings. The van der Waals surface area contributed by atoms with E-state index >= 15 is 0 Å². The molecule has 3 aromatic rings. The lowest BCUT2D eigenvalue weighted by Gasteiger charge is -2.31. The van der Waals surface area contributed by atoms with Crippen LogP contribution in [-0.4, -0.2) is 48.3 Å². The number of carbonyl (C=O) groups is 1. The van der Waals surface area contributed by atoms with Crippen molar-refractivity contribution in [2.24, 2.45) is 5.92 Å². The molecule has 0 radical (unpaired) electrons. The number of carbonyl (C=O) groups excluding carboxylic acids is 1. The van der Waals surface area contributed by atoms with Crippen LogP contribution in [0.15, 0.2) is 53.1 Å². The first-order chi connectivity index (χ1) is 15.6. The Kier molecular flexibility index (Phi) is 7.04. The summed E-state index contributed by atoms with van der Waals surface area (Å²) >= 11 is 0. The minimum atomic E-state index is 0.214. The van der Waals surface area contributed by atoms with Gasteiger partial charge >= 0.3 is 0 Å². The van der Waals surface area contributed by atoms with Gasteiger partial charge in [-0.15, -0.1) is 0 Å². The van der Waals surface area contributed by atoms with Gasteiger partial charge in [-0.3, -0.25) is 4.79 Å². The van der Waals surface area contributed by atoms with E-state index in [1.165, 1.54) is 0 Å². The number of nitrogens with zero attached hydrogens (tertiary/aromatic N) is 3. The number of hydrogen-bond acceptors (Lipinski definition) is 6. The summed E-state index contributed by atoms with van der Waals surface area (Å²) in [6, 6.07) is 15.5. The van der Waals surface area contributed by atoms with Crippen molar-refractivity contribution in [1.82, 2.24) is 15.0 Å². The Balaban J connectivity index is 1.24. The quantitative estimate of drug-likeness (QED) is 0.529. The maximum absolute atomic E-state index is 12.6. The Morgan fingerprint density at radius 3 is 2.53 bits per heavy atom. The van der Waals surface area contributed by atoms with Crippen LogP contribution < -0.4 is 9.47 Å². The van der Waals surface area contributed by atoms with E-state index in [9.17, 15) is 4.79 Å². The fourth-order valence-electron chi connectivity index (χ4n) is 4.07. The first kappa shape index (κ1) is 21.9. The number of likely N-dealkylation sites (tertiary alicyclic amines) is 1. The molecule has 32 heavy (non-hydrogen) atoms. The Bertz CT molecular complexity index is 1020. The number of ether oxygens (including phenoxy) is 2. The fraction of sp³-hybridized carbons (Fsp3) is 0.400. The second kappa shape index (κ2) is 10.3. The van der Waals surface area contributed by atoms with Crippen LogP contribution in [0.1, 0.15) is 30.7 Å². The molecule has 7 heteroatoms. The van der Waals surface area contributed by atoms with Crippen molar-refractivity contribution in [2.45, 2.75) is 32.1 Å². The molecule has 2 aromatic carbocycles. The zero-order valence-corrected chi connectivity index (χ0v) is 18.6. The van der Waals surface area contributed by atoms with Gasteiger partial charge in [-0.05, 0) is 67.1 Å². The minimum Gasteiger partial charge on any atom is -0.497 e. The van der Waals surface area contributed by atoms with Crippen molar-refractivity contribution in [1.29, 1.82) is 0 Å². The summed E-state index contributed by atoms with van der Waals surface area (Å²) in [4.78, 5) is 19.2. The van der Waals surface area contributed by atoms with Gasteiger partial charge in [-0.1, -0.05) is 17.3 Å². The van der Waals surface area contributed by atoms with Crippen molar-refractivity contribution < 1.29 is 18.8 Å². The molecule has 0 N–H and O–H groups in total. The van der Waals surface area contributed by atoms with Gasteiger partial charge in [-0.2, -0.15) is 4.98 Å². The highest BCUT2D eigenvalue weighted by Gasteiger charge is 2.24. The Hall–Kier alpha value is -3.35. The van der Waals surface area contributed by atoms with E-state index in [1.54, 1.807) is 14.2 Å². The molecule has 0 aliphatic carbocycles. The number of aromatic nitrogens is 2. The summed E-state index contributed by atoms with van der Waals surface area (Å²) in [6.45, 7) is 1.56. The van der Waals surface area contributed by atoms with E-state index in [1.807, 2.05) is 53.4 Å². The average molecular weight is 436 g/mol. The molecule has 0 saturated carbocycles. The molecular formula is C25H29N3O4. The van der Waals surface area contributed by atoms with Gasteiger partial charge in [0.1, 0.15) is 11.5 Å². The van der Waals surface area contributed by atoms with Gasteiger partial charge in [0.25, 0.3) is 0 Å². The molecule has 0 spiro atoms. The largest absolute Gasteiger partial charge is 0.497 e. The lowest BCUT2D eigenvalue weighted by atomic mass is 9.93. The minimum absolute atomic E-state index is 0.214. The molecule has 7 nitrogen and oxygen atoms in total. The monoisotopic (exact) mass is 435 g/mol. The number of aryl methyl sites for hydroxylation is 1. The lowest BCUT2D eigenvalue weighted by Crippen LogP contribution is -2.39. The maximum Gasteiger partial charge on any atom is 0.227 e. The van der Waals surface area contributed by atoms with Crippen molar-refractivity contribution in [2.75, 3.05) is 27.3 Å². The molecule has 1 saturated heterocycles. The third-order valence-corrected chi connectivity index (χ3v) is 6.01. The van der Waals surface area contributed by atoms with Crippen LogP contribution in [0.25, 0.3) is 11.4 Å². The SMILES string of the molecule is COc1ccc(-c2noc(CC3CCN(C(=O)CCc4cccc(OC)c4)CC3)n2)cc1. The van der Waals surface area contributed by atoms with Crippen LogP contribution in [0, 0.1) is 5.92 Å². The van der Waals surface area contributed by atoms with E-state index in [0.717, 1.165) is 61.4 Å². The van der Waals surface area contributed by atoms with Crippen molar-refractivity contribution >= 4 is 5.91 Å². The number of hydrogen-bond donors (Lipinski definition) is 0. The number of piperidine rings is 1. The highest BCUT2D eigenvalue weighted by atomic mass is 16.5. The maximum atomic E-state index is 12.6. The van der Waals surface area contributed by atoms with E-state index in [2.05, 4.69) is 10.1 Å². The Morgan fingerprint density at radius 2 is 1.81 bits per heavy atom. The van der Waals surface area contributed by atoms with E-state index in [-0.39, 0.29) is 5.91 Å². The van der Waals surface area contributed by atoms with Crippen molar-refractivity contribution in [3.05, 3.63) is 60.0 Å². The molecule has 1 fully saturated rings. The summed E-state index contributed by atoms with van der Waals surface area (Å²) in [6.07, 6.45) is 3.89. The summed E-state index contributed by atoms with van der Waals surface area (Å²) in [5, 5.41) is 4.12. The first-order valence-electron chi connectivity index (χ1n) is 11.0. The summed E-state index contributed by atoms with van der Waals surface area (Å²) in [5.74, 6) is 3.52. The second-order valence-corrected chi connectivity index (χ2v) is 8.12. The van der Waals surface area contributed by atoms with Crippen LogP contribution in [0.3, 0.4) is 0 Å². The normalized spacial score (nSPS) is 14.4. The highest BCUT2D eigenvalue weighted by Crippen LogP contribution is 2.24. The topological polar surface area (TPSA) is 77.7 Å². The highest BCUT2D eigenvalue weighted by molar-refractivity contribution is 5.76. The predicted octanol–water partition coefficient (Wildman–Crippen LogP) is 4.17. The molecule has 0 atom stereocenters. The zero-order chi connectivity index (χ0) is 22.3. The molecular weight excluding hydrogens is 406 g/mol. The van der Waals surface area contributed by atoms with Gasteiger partial charge < -0.3 is 18.9 Å². The standard InChI is InChI=1S/C25H29N3O4/c1-30-21-9-7-20(8-10-21)25-26-23(32-27-25)17-19-12-14-28(15-13-19)24(29)11-6-18-4-3-5-22(16-18)31-2/h3-5,7-10,16,19H,6,11-15,17H2,1-2H3.